The van der Waals surface area contributed by atoms with Gasteiger partial charge in [0, 0.05) is 12.3 Å². The number of para-hydroxylation sites is 2. The van der Waals surface area contributed by atoms with Gasteiger partial charge in [0.05, 0.1) is 12.2 Å². The molecule has 1 amide bonds. The van der Waals surface area contributed by atoms with Crippen molar-refractivity contribution in [3.8, 4) is 5.75 Å². The van der Waals surface area contributed by atoms with Gasteiger partial charge in [-0.05, 0) is 18.6 Å². The Morgan fingerprint density at radius 3 is 3.06 bits per heavy atom. The quantitative estimate of drug-likeness (QED) is 0.759. The Morgan fingerprint density at radius 2 is 2.25 bits per heavy atom. The lowest BCUT2D eigenvalue weighted by molar-refractivity contribution is -0.118. The van der Waals surface area contributed by atoms with E-state index in [9.17, 15) is 4.79 Å². The van der Waals surface area contributed by atoms with Gasteiger partial charge in [-0.15, -0.1) is 11.6 Å². The molecule has 0 bridgehead atoms. The second kappa shape index (κ2) is 5.21. The Labute approximate surface area is 100.0 Å². The number of hydrogen-bond acceptors (Lipinski definition) is 2. The van der Waals surface area contributed by atoms with Gasteiger partial charge in [0.1, 0.15) is 12.4 Å². The summed E-state index contributed by atoms with van der Waals surface area (Å²) in [5.41, 5.74) is 0.869. The van der Waals surface area contributed by atoms with Crippen LogP contribution in [0.4, 0.5) is 5.69 Å². The number of carbonyl (C=O) groups is 1. The number of nitrogens with zero attached hydrogens (tertiary/aromatic N) is 1. The smallest absolute Gasteiger partial charge is 0.227 e. The van der Waals surface area contributed by atoms with Gasteiger partial charge in [-0.3, -0.25) is 4.79 Å². The van der Waals surface area contributed by atoms with Crippen molar-refractivity contribution in [2.24, 2.45) is 0 Å². The summed E-state index contributed by atoms with van der Waals surface area (Å²) in [5, 5.41) is 0. The standard InChI is InChI=1S/C12H14ClNO2/c13-7-3-6-12(15)14-8-9-16-11-5-2-1-4-10(11)14/h1-2,4-5H,3,6-9H2. The number of halogens is 1. The largest absolute Gasteiger partial charge is 0.490 e. The van der Waals surface area contributed by atoms with Gasteiger partial charge in [-0.25, -0.2) is 0 Å². The minimum absolute atomic E-state index is 0.122. The summed E-state index contributed by atoms with van der Waals surface area (Å²) in [4.78, 5) is 13.7. The molecule has 16 heavy (non-hydrogen) atoms. The van der Waals surface area contributed by atoms with Crippen LogP contribution in [0.2, 0.25) is 0 Å². The van der Waals surface area contributed by atoms with Crippen molar-refractivity contribution < 1.29 is 9.53 Å². The Kier molecular flexibility index (Phi) is 3.67. The molecule has 1 aliphatic heterocycles. The van der Waals surface area contributed by atoms with Gasteiger partial charge < -0.3 is 9.64 Å². The Morgan fingerprint density at radius 1 is 1.44 bits per heavy atom. The molecule has 0 fully saturated rings. The molecule has 0 atom stereocenters. The highest BCUT2D eigenvalue weighted by atomic mass is 35.5. The maximum atomic E-state index is 11.9. The van der Waals surface area contributed by atoms with Crippen LogP contribution in [0, 0.1) is 0 Å². The zero-order chi connectivity index (χ0) is 11.4. The first-order chi connectivity index (χ1) is 7.83. The minimum Gasteiger partial charge on any atom is -0.490 e. The molecule has 0 spiro atoms. The molecule has 0 radical (unpaired) electrons. The lowest BCUT2D eigenvalue weighted by Gasteiger charge is -2.29. The van der Waals surface area contributed by atoms with Crippen LogP contribution in [0.3, 0.4) is 0 Å². The van der Waals surface area contributed by atoms with Gasteiger partial charge in [-0.1, -0.05) is 12.1 Å². The fraction of sp³-hybridized carbons (Fsp3) is 0.417. The van der Waals surface area contributed by atoms with Crippen molar-refractivity contribution in [3.05, 3.63) is 24.3 Å². The van der Waals surface area contributed by atoms with Crippen LogP contribution in [0.1, 0.15) is 12.8 Å². The van der Waals surface area contributed by atoms with Gasteiger partial charge in [-0.2, -0.15) is 0 Å². The highest BCUT2D eigenvalue weighted by Gasteiger charge is 2.22. The summed E-state index contributed by atoms with van der Waals surface area (Å²) in [6, 6.07) is 7.62. The first-order valence-electron chi connectivity index (χ1n) is 5.41. The fourth-order valence-electron chi connectivity index (χ4n) is 1.78. The number of carbonyl (C=O) groups excluding carboxylic acids is 1. The molecule has 0 saturated carbocycles. The number of fused-ring (bicyclic) bond motifs is 1. The van der Waals surface area contributed by atoms with E-state index in [1.54, 1.807) is 4.90 Å². The monoisotopic (exact) mass is 239 g/mol. The van der Waals surface area contributed by atoms with Crippen LogP contribution in [0.25, 0.3) is 0 Å². The molecular weight excluding hydrogens is 226 g/mol. The number of amides is 1. The maximum Gasteiger partial charge on any atom is 0.227 e. The number of alkyl halides is 1. The summed E-state index contributed by atoms with van der Waals surface area (Å²) < 4.78 is 5.49. The average Bonchev–Trinajstić information content (AvgIpc) is 2.35. The van der Waals surface area contributed by atoms with Crippen LogP contribution in [0.5, 0.6) is 5.75 Å². The van der Waals surface area contributed by atoms with Crippen LogP contribution in [-0.2, 0) is 4.79 Å². The van der Waals surface area contributed by atoms with Crippen molar-refractivity contribution in [2.75, 3.05) is 23.9 Å². The zero-order valence-electron chi connectivity index (χ0n) is 8.99. The molecule has 0 aromatic heterocycles. The van der Waals surface area contributed by atoms with Crippen LogP contribution in [0.15, 0.2) is 24.3 Å². The molecule has 0 saturated heterocycles. The summed E-state index contributed by atoms with van der Waals surface area (Å²) in [6.45, 7) is 1.18. The molecule has 1 aromatic carbocycles. The zero-order valence-corrected chi connectivity index (χ0v) is 9.74. The lowest BCUT2D eigenvalue weighted by atomic mass is 10.2. The van der Waals surface area contributed by atoms with E-state index >= 15 is 0 Å². The fourth-order valence-corrected chi connectivity index (χ4v) is 1.92. The molecule has 86 valence electrons. The van der Waals surface area contributed by atoms with E-state index in [1.807, 2.05) is 24.3 Å². The van der Waals surface area contributed by atoms with Crippen molar-refractivity contribution in [1.82, 2.24) is 0 Å². The molecule has 4 heteroatoms. The summed E-state index contributed by atoms with van der Waals surface area (Å²) in [7, 11) is 0. The highest BCUT2D eigenvalue weighted by molar-refractivity contribution is 6.18. The molecule has 0 aliphatic carbocycles. The topological polar surface area (TPSA) is 29.5 Å². The highest BCUT2D eigenvalue weighted by Crippen LogP contribution is 2.31. The number of anilines is 1. The van der Waals surface area contributed by atoms with Gasteiger partial charge in [0.15, 0.2) is 0 Å². The molecular formula is C12H14ClNO2. The number of benzene rings is 1. The third kappa shape index (κ3) is 2.30. The van der Waals surface area contributed by atoms with Crippen LogP contribution < -0.4 is 9.64 Å². The molecule has 0 unspecified atom stereocenters. The Bertz CT molecular complexity index is 381. The van der Waals surface area contributed by atoms with Crippen molar-refractivity contribution in [1.29, 1.82) is 0 Å². The first-order valence-corrected chi connectivity index (χ1v) is 5.94. The van der Waals surface area contributed by atoms with Crippen LogP contribution >= 0.6 is 11.6 Å². The Balaban J connectivity index is 2.15. The number of hydrogen-bond donors (Lipinski definition) is 0. The number of ether oxygens (including phenoxy) is 1. The molecule has 1 aliphatic rings. The molecule has 1 aromatic rings. The second-order valence-electron chi connectivity index (χ2n) is 3.65. The molecule has 0 N–H and O–H groups in total. The Hall–Kier alpha value is -1.22. The molecule has 3 nitrogen and oxygen atoms in total. The minimum atomic E-state index is 0.122. The van der Waals surface area contributed by atoms with E-state index < -0.39 is 0 Å². The SMILES string of the molecule is O=C(CCCCl)N1CCOc2ccccc21. The van der Waals surface area contributed by atoms with E-state index in [4.69, 9.17) is 16.3 Å². The third-order valence-electron chi connectivity index (χ3n) is 2.55. The van der Waals surface area contributed by atoms with E-state index in [0.717, 1.165) is 17.9 Å². The molecule has 1 heterocycles. The summed E-state index contributed by atoms with van der Waals surface area (Å²) in [6.07, 6.45) is 1.22. The van der Waals surface area contributed by atoms with E-state index in [-0.39, 0.29) is 5.91 Å². The normalized spacial score (nSPS) is 14.2. The summed E-state index contributed by atoms with van der Waals surface area (Å²) in [5.74, 6) is 1.43. The van der Waals surface area contributed by atoms with Crippen molar-refractivity contribution in [2.45, 2.75) is 12.8 Å². The van der Waals surface area contributed by atoms with Crippen LogP contribution in [-0.4, -0.2) is 24.9 Å². The van der Waals surface area contributed by atoms with E-state index in [2.05, 4.69) is 0 Å². The van der Waals surface area contributed by atoms with Gasteiger partial charge in [0.25, 0.3) is 0 Å². The van der Waals surface area contributed by atoms with Crippen molar-refractivity contribution in [3.63, 3.8) is 0 Å². The van der Waals surface area contributed by atoms with E-state index in [1.165, 1.54) is 0 Å². The predicted octanol–water partition coefficient (Wildman–Crippen LogP) is 2.43. The van der Waals surface area contributed by atoms with Crippen molar-refractivity contribution >= 4 is 23.2 Å². The summed E-state index contributed by atoms with van der Waals surface area (Å²) >= 11 is 5.59. The maximum absolute atomic E-state index is 11.9. The van der Waals surface area contributed by atoms with E-state index in [0.29, 0.717) is 25.5 Å². The second-order valence-corrected chi connectivity index (χ2v) is 4.03. The van der Waals surface area contributed by atoms with Gasteiger partial charge in [0.2, 0.25) is 5.91 Å². The third-order valence-corrected chi connectivity index (χ3v) is 2.82. The predicted molar refractivity (Wildman–Crippen MR) is 64.2 cm³/mol. The number of rotatable bonds is 3. The molecule has 2 rings (SSSR count). The average molecular weight is 240 g/mol. The van der Waals surface area contributed by atoms with Gasteiger partial charge >= 0.3 is 0 Å². The first kappa shape index (κ1) is 11.3. The lowest BCUT2D eigenvalue weighted by Crippen LogP contribution is -2.37.